The maximum atomic E-state index is 11.8. The average molecular weight is 272 g/mol. The highest BCUT2D eigenvalue weighted by Crippen LogP contribution is 2.08. The zero-order chi connectivity index (χ0) is 13.5. The van der Waals surface area contributed by atoms with Crippen molar-refractivity contribution >= 4 is 11.1 Å². The molecule has 2 aromatic carbocycles. The molecule has 2 aromatic rings. The number of benzene rings is 2. The van der Waals surface area contributed by atoms with Crippen LogP contribution in [0.4, 0.5) is 0 Å². The lowest BCUT2D eigenvalue weighted by Gasteiger charge is -2.00. The van der Waals surface area contributed by atoms with E-state index in [1.807, 2.05) is 49.4 Å². The Morgan fingerprint density at radius 3 is 2.42 bits per heavy atom. The van der Waals surface area contributed by atoms with Crippen molar-refractivity contribution in [3.63, 3.8) is 0 Å². The summed E-state index contributed by atoms with van der Waals surface area (Å²) in [7, 11) is 0. The molecule has 0 bridgehead atoms. The van der Waals surface area contributed by atoms with Gasteiger partial charge in [0.25, 0.3) is 0 Å². The summed E-state index contributed by atoms with van der Waals surface area (Å²) in [6, 6.07) is 17.1. The van der Waals surface area contributed by atoms with Gasteiger partial charge in [0.05, 0.1) is 4.90 Å². The summed E-state index contributed by atoms with van der Waals surface area (Å²) in [5.74, 6) is 5.80. The zero-order valence-electron chi connectivity index (χ0n) is 10.6. The van der Waals surface area contributed by atoms with E-state index in [-0.39, 0.29) is 6.61 Å². The van der Waals surface area contributed by atoms with E-state index in [0.717, 1.165) is 11.1 Å². The van der Waals surface area contributed by atoms with Crippen LogP contribution in [0.1, 0.15) is 11.1 Å². The van der Waals surface area contributed by atoms with E-state index in [9.17, 15) is 4.21 Å². The number of rotatable bonds is 3. The van der Waals surface area contributed by atoms with Crippen LogP contribution < -0.4 is 0 Å². The third-order valence-electron chi connectivity index (χ3n) is 2.46. The molecule has 0 aliphatic rings. The van der Waals surface area contributed by atoms with E-state index in [2.05, 4.69) is 11.8 Å². The Morgan fingerprint density at radius 1 is 1.05 bits per heavy atom. The van der Waals surface area contributed by atoms with Crippen molar-refractivity contribution in [1.29, 1.82) is 0 Å². The van der Waals surface area contributed by atoms with E-state index in [1.54, 1.807) is 12.1 Å². The molecule has 0 spiro atoms. The van der Waals surface area contributed by atoms with Crippen molar-refractivity contribution in [2.24, 2.45) is 0 Å². The normalized spacial score (nSPS) is 11.4. The van der Waals surface area contributed by atoms with Crippen LogP contribution in [-0.4, -0.2) is 10.8 Å². The molecule has 0 unspecified atom stereocenters. The summed E-state index contributed by atoms with van der Waals surface area (Å²) in [5, 5.41) is 0. The van der Waals surface area contributed by atoms with Crippen LogP contribution in [0.5, 0.6) is 0 Å². The molecular weight excluding hydrogens is 258 g/mol. The monoisotopic (exact) mass is 272 g/mol. The molecule has 19 heavy (non-hydrogen) atoms. The first kappa shape index (κ1) is 13.5. The Hall–Kier alpha value is -1.89. The molecule has 0 aliphatic carbocycles. The summed E-state index contributed by atoms with van der Waals surface area (Å²) >= 11 is -1.45. The number of aryl methyl sites for hydroxylation is 1. The van der Waals surface area contributed by atoms with E-state index >= 15 is 0 Å². The maximum Gasteiger partial charge on any atom is 0.190 e. The van der Waals surface area contributed by atoms with Gasteiger partial charge < -0.3 is 0 Å². The summed E-state index contributed by atoms with van der Waals surface area (Å²) in [6.45, 7) is 2.13. The Bertz CT molecular complexity index is 607. The lowest BCUT2D eigenvalue weighted by Crippen LogP contribution is -1.98. The molecule has 3 heteroatoms. The standard InChI is InChI=1S/C16H14O2S/c1-14-9-11-16(12-10-14)19(17)18-13-5-8-15-6-3-2-4-7-15/h2-4,6-7,9-12H,13H2,1H3/t19-/m0/s1/i18+2. The lowest BCUT2D eigenvalue weighted by atomic mass is 10.2. The summed E-state index contributed by atoms with van der Waals surface area (Å²) in [6.07, 6.45) is 0. The highest BCUT2D eigenvalue weighted by atomic mass is 32.2. The molecule has 2 rings (SSSR count). The van der Waals surface area contributed by atoms with Crippen LogP contribution in [0.15, 0.2) is 59.5 Å². The third-order valence-corrected chi connectivity index (χ3v) is 3.45. The minimum atomic E-state index is -1.45. The second-order valence-electron chi connectivity index (χ2n) is 3.98. The van der Waals surface area contributed by atoms with Crippen molar-refractivity contribution in [2.75, 3.05) is 6.61 Å². The van der Waals surface area contributed by atoms with Crippen molar-refractivity contribution < 1.29 is 8.39 Å². The third kappa shape index (κ3) is 4.36. The maximum absolute atomic E-state index is 11.8. The Morgan fingerprint density at radius 2 is 1.74 bits per heavy atom. The van der Waals surface area contributed by atoms with Gasteiger partial charge in [0.15, 0.2) is 11.1 Å². The quantitative estimate of drug-likeness (QED) is 0.634. The van der Waals surface area contributed by atoms with Gasteiger partial charge in [-0.05, 0) is 31.2 Å². The second-order valence-corrected chi connectivity index (χ2v) is 5.15. The van der Waals surface area contributed by atoms with E-state index in [1.165, 1.54) is 0 Å². The molecule has 0 saturated heterocycles. The molecule has 0 amide bonds. The van der Waals surface area contributed by atoms with Gasteiger partial charge in [0, 0.05) is 5.56 Å². The van der Waals surface area contributed by atoms with Crippen LogP contribution in [0.2, 0.25) is 0 Å². The van der Waals surface area contributed by atoms with E-state index in [4.69, 9.17) is 4.18 Å². The highest BCUT2D eigenvalue weighted by molar-refractivity contribution is 7.80. The van der Waals surface area contributed by atoms with Crippen molar-refractivity contribution in [2.45, 2.75) is 11.8 Å². The van der Waals surface area contributed by atoms with Gasteiger partial charge in [-0.3, -0.25) is 4.18 Å². The Labute approximate surface area is 116 Å². The van der Waals surface area contributed by atoms with Crippen LogP contribution in [-0.2, 0) is 15.3 Å². The fourth-order valence-corrected chi connectivity index (χ4v) is 2.12. The van der Waals surface area contributed by atoms with Gasteiger partial charge in [-0.1, -0.05) is 47.7 Å². The largest absolute Gasteiger partial charge is 0.274 e. The summed E-state index contributed by atoms with van der Waals surface area (Å²) in [5.41, 5.74) is 2.05. The number of hydrogen-bond donors (Lipinski definition) is 0. The molecular formula is C16H14O2S. The molecule has 0 saturated carbocycles. The van der Waals surface area contributed by atoms with Gasteiger partial charge in [0.1, 0.15) is 6.61 Å². The van der Waals surface area contributed by atoms with Gasteiger partial charge in [-0.15, -0.1) is 0 Å². The van der Waals surface area contributed by atoms with Crippen LogP contribution >= 0.6 is 0 Å². The molecule has 0 aromatic heterocycles. The Balaban J connectivity index is 1.88. The smallest absolute Gasteiger partial charge is 0.190 e. The molecule has 2 nitrogen and oxygen atoms in total. The van der Waals surface area contributed by atoms with Crippen molar-refractivity contribution in [3.05, 3.63) is 65.7 Å². The van der Waals surface area contributed by atoms with Gasteiger partial charge in [0.2, 0.25) is 0 Å². The minimum Gasteiger partial charge on any atom is -0.274 e. The van der Waals surface area contributed by atoms with Gasteiger partial charge in [-0.25, -0.2) is 4.21 Å². The Kier molecular flexibility index (Phi) is 4.91. The lowest BCUT2D eigenvalue weighted by molar-refractivity contribution is 0.402. The van der Waals surface area contributed by atoms with Gasteiger partial charge >= 0.3 is 0 Å². The molecule has 0 heterocycles. The van der Waals surface area contributed by atoms with Crippen molar-refractivity contribution in [1.82, 2.24) is 0 Å². The highest BCUT2D eigenvalue weighted by Gasteiger charge is 2.02. The molecule has 0 N–H and O–H groups in total. The summed E-state index contributed by atoms with van der Waals surface area (Å²) in [4.78, 5) is 0.659. The zero-order valence-corrected chi connectivity index (χ0v) is 11.4. The fraction of sp³-hybridized carbons (Fsp3) is 0.125. The number of hydrogen-bond acceptors (Lipinski definition) is 2. The summed E-state index contributed by atoms with van der Waals surface area (Å²) < 4.78 is 17.0. The van der Waals surface area contributed by atoms with E-state index in [0.29, 0.717) is 4.90 Å². The predicted molar refractivity (Wildman–Crippen MR) is 76.9 cm³/mol. The average Bonchev–Trinajstić information content (AvgIpc) is 2.45. The molecule has 0 radical (unpaired) electrons. The molecule has 0 aliphatic heterocycles. The first-order chi connectivity index (χ1) is 9.25. The predicted octanol–water partition coefficient (Wildman–Crippen LogP) is 3.09. The first-order valence-electron chi connectivity index (χ1n) is 5.91. The van der Waals surface area contributed by atoms with Crippen LogP contribution in [0.3, 0.4) is 0 Å². The molecule has 1 atom stereocenters. The molecule has 0 fully saturated rings. The second kappa shape index (κ2) is 6.89. The fourth-order valence-electron chi connectivity index (χ4n) is 1.46. The molecule has 96 valence electrons. The SMILES string of the molecule is Cc1ccc([S@@](=O)[18O]CC#Cc2ccccc2)cc1. The topological polar surface area (TPSA) is 26.3 Å². The van der Waals surface area contributed by atoms with Gasteiger partial charge in [-0.2, -0.15) is 0 Å². The van der Waals surface area contributed by atoms with Crippen LogP contribution in [0.25, 0.3) is 0 Å². The van der Waals surface area contributed by atoms with E-state index < -0.39 is 11.1 Å². The first-order valence-corrected chi connectivity index (χ1v) is 6.99. The minimum absolute atomic E-state index is 0.148. The van der Waals surface area contributed by atoms with Crippen LogP contribution in [0, 0.1) is 18.8 Å². The van der Waals surface area contributed by atoms with Crippen molar-refractivity contribution in [3.8, 4) is 11.8 Å².